The normalized spacial score (nSPS) is 21.9. The van der Waals surface area contributed by atoms with E-state index in [1.807, 2.05) is 24.3 Å². The van der Waals surface area contributed by atoms with Crippen molar-refractivity contribution in [1.82, 2.24) is 0 Å². The van der Waals surface area contributed by atoms with Crippen molar-refractivity contribution in [3.63, 3.8) is 0 Å². The van der Waals surface area contributed by atoms with Crippen LogP contribution in [0.1, 0.15) is 23.1 Å². The van der Waals surface area contributed by atoms with Gasteiger partial charge in [-0.05, 0) is 41.7 Å². The van der Waals surface area contributed by atoms with Crippen LogP contribution in [0.3, 0.4) is 0 Å². The summed E-state index contributed by atoms with van der Waals surface area (Å²) in [6.07, 6.45) is 1.57. The summed E-state index contributed by atoms with van der Waals surface area (Å²) in [6, 6.07) is 13.3. The fourth-order valence-electron chi connectivity index (χ4n) is 2.65. The van der Waals surface area contributed by atoms with E-state index in [4.69, 9.17) is 23.2 Å². The number of rotatable bonds is 1. The van der Waals surface area contributed by atoms with Crippen LogP contribution in [0.5, 0.6) is 0 Å². The van der Waals surface area contributed by atoms with Gasteiger partial charge >= 0.3 is 0 Å². The predicted octanol–water partition coefficient (Wildman–Crippen LogP) is 4.18. The molecular formula is C15H12Cl2O. The molecule has 3 heteroatoms. The van der Waals surface area contributed by atoms with Gasteiger partial charge in [0.2, 0.25) is 0 Å². The lowest BCUT2D eigenvalue weighted by Crippen LogP contribution is -2.23. The number of hydrogen-bond acceptors (Lipinski definition) is 1. The van der Waals surface area contributed by atoms with E-state index in [0.29, 0.717) is 16.5 Å². The van der Waals surface area contributed by atoms with Gasteiger partial charge in [0.25, 0.3) is 0 Å². The molecule has 18 heavy (non-hydrogen) atoms. The molecule has 0 fully saturated rings. The summed E-state index contributed by atoms with van der Waals surface area (Å²) >= 11 is 12.0. The van der Waals surface area contributed by atoms with Gasteiger partial charge in [-0.2, -0.15) is 0 Å². The summed E-state index contributed by atoms with van der Waals surface area (Å²) in [5, 5.41) is 11.9. The lowest BCUT2D eigenvalue weighted by atomic mass is 9.88. The van der Waals surface area contributed by atoms with Crippen LogP contribution in [0.4, 0.5) is 0 Å². The average molecular weight is 279 g/mol. The van der Waals surface area contributed by atoms with Crippen LogP contribution in [-0.2, 0) is 12.0 Å². The molecule has 2 aromatic rings. The zero-order chi connectivity index (χ0) is 12.8. The van der Waals surface area contributed by atoms with Gasteiger partial charge in [-0.1, -0.05) is 53.5 Å². The zero-order valence-corrected chi connectivity index (χ0v) is 11.2. The molecule has 0 saturated heterocycles. The van der Waals surface area contributed by atoms with Crippen molar-refractivity contribution in [1.29, 1.82) is 0 Å². The molecule has 0 heterocycles. The van der Waals surface area contributed by atoms with Crippen molar-refractivity contribution in [2.45, 2.75) is 18.4 Å². The van der Waals surface area contributed by atoms with Gasteiger partial charge in [-0.15, -0.1) is 0 Å². The Morgan fingerprint density at radius 2 is 1.78 bits per heavy atom. The number of aliphatic hydroxyl groups is 1. The van der Waals surface area contributed by atoms with Crippen LogP contribution in [-0.4, -0.2) is 5.11 Å². The quantitative estimate of drug-likeness (QED) is 0.830. The Hall–Kier alpha value is -1.02. The Morgan fingerprint density at radius 3 is 2.56 bits per heavy atom. The number of benzene rings is 2. The molecule has 0 aliphatic heterocycles. The first kappa shape index (κ1) is 12.0. The Labute approximate surface area is 116 Å². The van der Waals surface area contributed by atoms with Gasteiger partial charge in [0.1, 0.15) is 5.60 Å². The second kappa shape index (κ2) is 4.27. The minimum Gasteiger partial charge on any atom is -0.380 e. The third-order valence-corrected chi connectivity index (χ3v) is 4.36. The molecule has 2 aromatic carbocycles. The average Bonchev–Trinajstić information content (AvgIpc) is 2.73. The van der Waals surface area contributed by atoms with Gasteiger partial charge in [-0.25, -0.2) is 0 Å². The van der Waals surface area contributed by atoms with E-state index in [2.05, 4.69) is 6.07 Å². The van der Waals surface area contributed by atoms with E-state index in [0.717, 1.165) is 17.5 Å². The lowest BCUT2D eigenvalue weighted by molar-refractivity contribution is 0.0829. The number of halogens is 2. The molecule has 1 atom stereocenters. The van der Waals surface area contributed by atoms with E-state index < -0.39 is 5.60 Å². The molecule has 1 aliphatic carbocycles. The summed E-state index contributed by atoms with van der Waals surface area (Å²) in [7, 11) is 0. The second-order valence-electron chi connectivity index (χ2n) is 4.65. The first-order valence-corrected chi connectivity index (χ1v) is 6.63. The van der Waals surface area contributed by atoms with Crippen LogP contribution in [0.2, 0.25) is 10.0 Å². The Bertz CT molecular complexity index is 609. The first-order chi connectivity index (χ1) is 8.61. The van der Waals surface area contributed by atoms with Crippen LogP contribution < -0.4 is 0 Å². The maximum atomic E-state index is 10.9. The van der Waals surface area contributed by atoms with Gasteiger partial charge < -0.3 is 5.11 Å². The van der Waals surface area contributed by atoms with Crippen LogP contribution in [0, 0.1) is 0 Å². The fraction of sp³-hybridized carbons (Fsp3) is 0.200. The number of aryl methyl sites for hydroxylation is 1. The van der Waals surface area contributed by atoms with Gasteiger partial charge in [-0.3, -0.25) is 0 Å². The van der Waals surface area contributed by atoms with Crippen LogP contribution in [0.25, 0.3) is 0 Å². The highest BCUT2D eigenvalue weighted by molar-refractivity contribution is 6.42. The molecule has 1 unspecified atom stereocenters. The molecule has 92 valence electrons. The summed E-state index contributed by atoms with van der Waals surface area (Å²) in [5.74, 6) is 0. The van der Waals surface area contributed by atoms with Gasteiger partial charge in [0.15, 0.2) is 0 Å². The summed E-state index contributed by atoms with van der Waals surface area (Å²) in [5.41, 5.74) is 2.04. The molecule has 3 rings (SSSR count). The van der Waals surface area contributed by atoms with E-state index in [1.165, 1.54) is 5.56 Å². The van der Waals surface area contributed by atoms with Crippen LogP contribution >= 0.6 is 23.2 Å². The van der Waals surface area contributed by atoms with Crippen molar-refractivity contribution in [3.8, 4) is 0 Å². The van der Waals surface area contributed by atoms with E-state index in [1.54, 1.807) is 12.1 Å². The molecule has 0 bridgehead atoms. The monoisotopic (exact) mass is 278 g/mol. The molecule has 1 aliphatic rings. The molecule has 1 N–H and O–H groups in total. The van der Waals surface area contributed by atoms with Gasteiger partial charge in [0.05, 0.1) is 10.0 Å². The molecule has 0 saturated carbocycles. The largest absolute Gasteiger partial charge is 0.380 e. The van der Waals surface area contributed by atoms with Crippen LogP contribution in [0.15, 0.2) is 42.5 Å². The Morgan fingerprint density at radius 1 is 1.00 bits per heavy atom. The van der Waals surface area contributed by atoms with Crippen molar-refractivity contribution in [2.24, 2.45) is 0 Å². The number of fused-ring (bicyclic) bond motifs is 1. The maximum absolute atomic E-state index is 10.9. The Balaban J connectivity index is 2.14. The van der Waals surface area contributed by atoms with E-state index >= 15 is 0 Å². The highest BCUT2D eigenvalue weighted by Gasteiger charge is 2.38. The predicted molar refractivity (Wildman–Crippen MR) is 74.2 cm³/mol. The third-order valence-electron chi connectivity index (χ3n) is 3.62. The number of hydrogen-bond donors (Lipinski definition) is 1. The van der Waals surface area contributed by atoms with Crippen molar-refractivity contribution in [2.75, 3.05) is 0 Å². The zero-order valence-electron chi connectivity index (χ0n) is 9.66. The van der Waals surface area contributed by atoms with Crippen molar-refractivity contribution < 1.29 is 5.11 Å². The minimum absolute atomic E-state index is 0.479. The first-order valence-electron chi connectivity index (χ1n) is 5.87. The Kier molecular flexibility index (Phi) is 2.86. The van der Waals surface area contributed by atoms with Crippen molar-refractivity contribution >= 4 is 23.2 Å². The smallest absolute Gasteiger partial charge is 0.115 e. The maximum Gasteiger partial charge on any atom is 0.115 e. The minimum atomic E-state index is -0.940. The highest BCUT2D eigenvalue weighted by atomic mass is 35.5. The highest BCUT2D eigenvalue weighted by Crippen LogP contribution is 2.43. The molecule has 0 spiro atoms. The summed E-state index contributed by atoms with van der Waals surface area (Å²) in [4.78, 5) is 0. The standard InChI is InChI=1S/C15H12Cl2O/c16-13-6-5-11(9-14(13)17)15(18)8-7-10-3-1-2-4-12(10)15/h1-6,9,18H,7-8H2. The molecule has 0 radical (unpaired) electrons. The molecule has 0 aromatic heterocycles. The summed E-state index contributed by atoms with van der Waals surface area (Å²) < 4.78 is 0. The van der Waals surface area contributed by atoms with E-state index in [9.17, 15) is 5.11 Å². The third kappa shape index (κ3) is 1.74. The van der Waals surface area contributed by atoms with Crippen molar-refractivity contribution in [3.05, 3.63) is 69.2 Å². The SMILES string of the molecule is OC1(c2ccc(Cl)c(Cl)c2)CCc2ccccc21. The van der Waals surface area contributed by atoms with Gasteiger partial charge in [0, 0.05) is 0 Å². The molecular weight excluding hydrogens is 267 g/mol. The lowest BCUT2D eigenvalue weighted by Gasteiger charge is -2.25. The summed E-state index contributed by atoms with van der Waals surface area (Å²) in [6.45, 7) is 0. The molecule has 1 nitrogen and oxygen atoms in total. The topological polar surface area (TPSA) is 20.2 Å². The fourth-order valence-corrected chi connectivity index (χ4v) is 2.94. The second-order valence-corrected chi connectivity index (χ2v) is 5.46. The van der Waals surface area contributed by atoms with E-state index in [-0.39, 0.29) is 0 Å². The molecule has 0 amide bonds.